The van der Waals surface area contributed by atoms with Gasteiger partial charge in [-0.25, -0.2) is 0 Å². The van der Waals surface area contributed by atoms with E-state index < -0.39 is 12.0 Å². The summed E-state index contributed by atoms with van der Waals surface area (Å²) in [7, 11) is 0. The van der Waals surface area contributed by atoms with E-state index in [2.05, 4.69) is 17.0 Å². The van der Waals surface area contributed by atoms with Crippen molar-refractivity contribution in [2.75, 3.05) is 37.7 Å². The monoisotopic (exact) mass is 264 g/mol. The van der Waals surface area contributed by atoms with Crippen LogP contribution in [0.2, 0.25) is 0 Å². The number of anilines is 1. The Hall–Kier alpha value is -1.59. The Morgan fingerprint density at radius 3 is 2.32 bits per heavy atom. The second-order valence-corrected chi connectivity index (χ2v) is 4.72. The quantitative estimate of drug-likeness (QED) is 0.817. The SMILES string of the molecule is O=C(O)C(CCO)N1CCN(c2ccccc2)CC1. The van der Waals surface area contributed by atoms with E-state index in [-0.39, 0.29) is 6.61 Å². The van der Waals surface area contributed by atoms with Crippen molar-refractivity contribution in [2.45, 2.75) is 12.5 Å². The van der Waals surface area contributed by atoms with Gasteiger partial charge in [0, 0.05) is 38.5 Å². The summed E-state index contributed by atoms with van der Waals surface area (Å²) in [5, 5.41) is 18.1. The molecule has 1 heterocycles. The lowest BCUT2D eigenvalue weighted by atomic mass is 10.1. The maximum absolute atomic E-state index is 11.2. The van der Waals surface area contributed by atoms with Crippen molar-refractivity contribution >= 4 is 11.7 Å². The molecule has 2 N–H and O–H groups in total. The van der Waals surface area contributed by atoms with Crippen LogP contribution in [0.1, 0.15) is 6.42 Å². The van der Waals surface area contributed by atoms with Crippen LogP contribution in [-0.2, 0) is 4.79 Å². The minimum absolute atomic E-state index is 0.0874. The molecule has 0 spiro atoms. The largest absolute Gasteiger partial charge is 0.480 e. The number of aliphatic hydroxyl groups excluding tert-OH is 1. The highest BCUT2D eigenvalue weighted by Crippen LogP contribution is 2.17. The van der Waals surface area contributed by atoms with Gasteiger partial charge in [-0.15, -0.1) is 0 Å². The molecule has 1 aliphatic rings. The molecule has 0 radical (unpaired) electrons. The van der Waals surface area contributed by atoms with E-state index in [9.17, 15) is 9.90 Å². The van der Waals surface area contributed by atoms with Crippen molar-refractivity contribution in [1.29, 1.82) is 0 Å². The molecule has 1 atom stereocenters. The first kappa shape index (κ1) is 13.8. The van der Waals surface area contributed by atoms with E-state index >= 15 is 0 Å². The molecule has 0 amide bonds. The number of piperazine rings is 1. The van der Waals surface area contributed by atoms with Crippen LogP contribution in [0.5, 0.6) is 0 Å². The van der Waals surface area contributed by atoms with Crippen molar-refractivity contribution < 1.29 is 15.0 Å². The maximum Gasteiger partial charge on any atom is 0.321 e. The predicted molar refractivity (Wildman–Crippen MR) is 73.4 cm³/mol. The Balaban J connectivity index is 1.93. The predicted octanol–water partition coefficient (Wildman–Crippen LogP) is 0.644. The summed E-state index contributed by atoms with van der Waals surface area (Å²) in [6.07, 6.45) is 0.292. The number of nitrogens with zero attached hydrogens (tertiary/aromatic N) is 2. The summed E-state index contributed by atoms with van der Waals surface area (Å²) < 4.78 is 0. The molecule has 5 nitrogen and oxygen atoms in total. The number of hydrogen-bond acceptors (Lipinski definition) is 4. The third-order valence-electron chi connectivity index (χ3n) is 3.56. The summed E-state index contributed by atoms with van der Waals surface area (Å²) >= 11 is 0. The first-order valence-corrected chi connectivity index (χ1v) is 6.60. The van der Waals surface area contributed by atoms with Crippen LogP contribution in [-0.4, -0.2) is 59.9 Å². The highest BCUT2D eigenvalue weighted by molar-refractivity contribution is 5.73. The molecule has 1 aromatic carbocycles. The van der Waals surface area contributed by atoms with Gasteiger partial charge in [-0.1, -0.05) is 18.2 Å². The number of aliphatic carboxylic acids is 1. The minimum atomic E-state index is -0.845. The van der Waals surface area contributed by atoms with Crippen LogP contribution >= 0.6 is 0 Å². The molecule has 0 aliphatic carbocycles. The fourth-order valence-electron chi connectivity index (χ4n) is 2.52. The topological polar surface area (TPSA) is 64.0 Å². The second kappa shape index (κ2) is 6.54. The van der Waals surface area contributed by atoms with E-state index in [4.69, 9.17) is 5.11 Å². The van der Waals surface area contributed by atoms with Gasteiger partial charge in [0.05, 0.1) is 0 Å². The van der Waals surface area contributed by atoms with E-state index in [1.165, 1.54) is 5.69 Å². The lowest BCUT2D eigenvalue weighted by Crippen LogP contribution is -2.53. The summed E-state index contributed by atoms with van der Waals surface area (Å²) in [5.41, 5.74) is 1.18. The number of carbonyl (C=O) groups is 1. The smallest absolute Gasteiger partial charge is 0.321 e. The molecular weight excluding hydrogens is 244 g/mol. The Labute approximate surface area is 113 Å². The Bertz CT molecular complexity index is 402. The number of para-hydroxylation sites is 1. The highest BCUT2D eigenvalue weighted by Gasteiger charge is 2.28. The van der Waals surface area contributed by atoms with Gasteiger partial charge < -0.3 is 15.1 Å². The Kier molecular flexibility index (Phi) is 4.76. The number of aliphatic hydroxyl groups is 1. The van der Waals surface area contributed by atoms with Gasteiger partial charge in [0.1, 0.15) is 6.04 Å². The molecule has 19 heavy (non-hydrogen) atoms. The Morgan fingerprint density at radius 2 is 1.79 bits per heavy atom. The molecule has 2 rings (SSSR count). The summed E-state index contributed by atoms with van der Waals surface area (Å²) in [4.78, 5) is 15.4. The second-order valence-electron chi connectivity index (χ2n) is 4.72. The maximum atomic E-state index is 11.2. The Morgan fingerprint density at radius 1 is 1.16 bits per heavy atom. The molecule has 5 heteroatoms. The standard InChI is InChI=1S/C14H20N2O3/c17-11-6-13(14(18)19)16-9-7-15(8-10-16)12-4-2-1-3-5-12/h1-5,13,17H,6-11H2,(H,18,19). The molecule has 0 aromatic heterocycles. The van der Waals surface area contributed by atoms with Crippen LogP contribution in [0, 0.1) is 0 Å². The van der Waals surface area contributed by atoms with Crippen molar-refractivity contribution in [2.24, 2.45) is 0 Å². The van der Waals surface area contributed by atoms with Crippen LogP contribution in [0.3, 0.4) is 0 Å². The van der Waals surface area contributed by atoms with Crippen molar-refractivity contribution in [3.8, 4) is 0 Å². The first-order chi connectivity index (χ1) is 9.22. The van der Waals surface area contributed by atoms with Gasteiger partial charge in [0.15, 0.2) is 0 Å². The van der Waals surface area contributed by atoms with Gasteiger partial charge in [-0.05, 0) is 18.6 Å². The van der Waals surface area contributed by atoms with Gasteiger partial charge in [0.2, 0.25) is 0 Å². The van der Waals surface area contributed by atoms with Gasteiger partial charge in [-0.3, -0.25) is 9.69 Å². The molecule has 104 valence electrons. The van der Waals surface area contributed by atoms with Gasteiger partial charge in [0.25, 0.3) is 0 Å². The fourth-order valence-corrected chi connectivity index (χ4v) is 2.52. The lowest BCUT2D eigenvalue weighted by Gasteiger charge is -2.38. The zero-order valence-corrected chi connectivity index (χ0v) is 10.9. The van der Waals surface area contributed by atoms with Crippen molar-refractivity contribution in [3.63, 3.8) is 0 Å². The number of benzene rings is 1. The molecule has 1 fully saturated rings. The molecule has 1 unspecified atom stereocenters. The third kappa shape index (κ3) is 3.45. The first-order valence-electron chi connectivity index (χ1n) is 6.60. The number of carboxylic acid groups (broad SMARTS) is 1. The van der Waals surface area contributed by atoms with Crippen LogP contribution in [0.4, 0.5) is 5.69 Å². The zero-order chi connectivity index (χ0) is 13.7. The van der Waals surface area contributed by atoms with E-state index in [1.807, 2.05) is 23.1 Å². The van der Waals surface area contributed by atoms with E-state index in [0.29, 0.717) is 19.5 Å². The summed E-state index contributed by atoms with van der Waals surface area (Å²) in [6.45, 7) is 2.98. The normalized spacial score (nSPS) is 18.3. The lowest BCUT2D eigenvalue weighted by molar-refractivity contribution is -0.144. The molecule has 0 saturated carbocycles. The molecule has 1 aromatic rings. The van der Waals surface area contributed by atoms with Crippen molar-refractivity contribution in [3.05, 3.63) is 30.3 Å². The van der Waals surface area contributed by atoms with Gasteiger partial charge in [-0.2, -0.15) is 0 Å². The van der Waals surface area contributed by atoms with Crippen molar-refractivity contribution in [1.82, 2.24) is 4.90 Å². The molecule has 1 aliphatic heterocycles. The average Bonchev–Trinajstić information content (AvgIpc) is 2.46. The van der Waals surface area contributed by atoms with Crippen LogP contribution in [0.25, 0.3) is 0 Å². The number of rotatable bonds is 5. The molecular formula is C14H20N2O3. The van der Waals surface area contributed by atoms with Crippen LogP contribution < -0.4 is 4.90 Å². The highest BCUT2D eigenvalue weighted by atomic mass is 16.4. The molecule has 1 saturated heterocycles. The minimum Gasteiger partial charge on any atom is -0.480 e. The van der Waals surface area contributed by atoms with Crippen LogP contribution in [0.15, 0.2) is 30.3 Å². The van der Waals surface area contributed by atoms with E-state index in [1.54, 1.807) is 0 Å². The third-order valence-corrected chi connectivity index (χ3v) is 3.56. The summed E-state index contributed by atoms with van der Waals surface area (Å²) in [6, 6.07) is 9.57. The number of carboxylic acids is 1. The number of hydrogen-bond donors (Lipinski definition) is 2. The zero-order valence-electron chi connectivity index (χ0n) is 10.9. The fraction of sp³-hybridized carbons (Fsp3) is 0.500. The average molecular weight is 264 g/mol. The van der Waals surface area contributed by atoms with Gasteiger partial charge >= 0.3 is 5.97 Å². The molecule has 0 bridgehead atoms. The van der Waals surface area contributed by atoms with E-state index in [0.717, 1.165) is 13.1 Å². The summed E-state index contributed by atoms with van der Waals surface area (Å²) in [5.74, 6) is -0.845.